The summed E-state index contributed by atoms with van der Waals surface area (Å²) in [5.74, 6) is 1.02. The molecule has 1 atom stereocenters. The summed E-state index contributed by atoms with van der Waals surface area (Å²) in [4.78, 5) is 15.1. The molecule has 2 aromatic heterocycles. The number of rotatable bonds is 7. The van der Waals surface area contributed by atoms with Gasteiger partial charge in [-0.3, -0.25) is 4.98 Å². The third kappa shape index (κ3) is 6.46. The number of nitrogens with zero attached hydrogens (tertiary/aromatic N) is 3. The zero-order chi connectivity index (χ0) is 37.3. The van der Waals surface area contributed by atoms with Gasteiger partial charge < -0.3 is 0 Å². The van der Waals surface area contributed by atoms with Crippen molar-refractivity contribution >= 4 is 32.7 Å². The van der Waals surface area contributed by atoms with E-state index in [-0.39, 0.29) is 5.92 Å². The second-order valence-electron chi connectivity index (χ2n) is 14.9. The number of aromatic nitrogens is 3. The molecular weight excluding hydrogens is 679 g/mol. The molecule has 8 aromatic rings. The van der Waals surface area contributed by atoms with Gasteiger partial charge in [-0.05, 0) is 140 Å². The summed E-state index contributed by atoms with van der Waals surface area (Å²) >= 11 is 0. The Morgan fingerprint density at radius 2 is 1.09 bits per heavy atom. The minimum Gasteiger partial charge on any atom is -0.265 e. The third-order valence-corrected chi connectivity index (χ3v) is 11.4. The van der Waals surface area contributed by atoms with E-state index in [0.717, 1.165) is 58.7 Å². The Bertz CT molecular complexity index is 2760. The molecule has 0 N–H and O–H groups in total. The first-order valence-electron chi connectivity index (χ1n) is 19.8. The lowest BCUT2D eigenvalue weighted by molar-refractivity contribution is 0.733. The van der Waals surface area contributed by atoms with Gasteiger partial charge in [-0.1, -0.05) is 133 Å². The number of fused-ring (bicyclic) bond motifs is 2. The Morgan fingerprint density at radius 1 is 0.482 bits per heavy atom. The fraction of sp³-hybridized carbons (Fsp3) is 0.113. The quantitative estimate of drug-likeness (QED) is 0.154. The maximum atomic E-state index is 5.40. The van der Waals surface area contributed by atoms with E-state index < -0.39 is 0 Å². The van der Waals surface area contributed by atoms with Crippen molar-refractivity contribution in [3.05, 3.63) is 199 Å². The Morgan fingerprint density at radius 3 is 1.71 bits per heavy atom. The predicted octanol–water partition coefficient (Wildman–Crippen LogP) is 13.9. The van der Waals surface area contributed by atoms with Crippen molar-refractivity contribution in [2.45, 2.75) is 38.0 Å². The molecule has 2 aliphatic rings. The number of benzene rings is 6. The van der Waals surface area contributed by atoms with E-state index in [0.29, 0.717) is 0 Å². The van der Waals surface area contributed by atoms with Crippen molar-refractivity contribution in [2.24, 2.45) is 0 Å². The van der Waals surface area contributed by atoms with E-state index in [1.165, 1.54) is 67.8 Å². The largest absolute Gasteiger partial charge is 0.265 e. The molecule has 0 saturated heterocycles. The fourth-order valence-corrected chi connectivity index (χ4v) is 8.66. The number of hydrogen-bond acceptors (Lipinski definition) is 3. The highest BCUT2D eigenvalue weighted by atomic mass is 14.9. The lowest BCUT2D eigenvalue weighted by Crippen LogP contribution is -2.07. The van der Waals surface area contributed by atoms with E-state index in [2.05, 4.69) is 175 Å². The molecule has 2 aliphatic carbocycles. The SMILES string of the molecule is C1=CC(c2cc(-c3cc(-c4ccncc4)cc(-c4c5ccccc5c(-c5ccccc5)c5ccccc45)c3)nc(C3=CCCCC3)n2)CC=C1c1ccccc1. The van der Waals surface area contributed by atoms with Crippen LogP contribution < -0.4 is 0 Å². The highest BCUT2D eigenvalue weighted by Gasteiger charge is 2.22. The van der Waals surface area contributed by atoms with E-state index >= 15 is 0 Å². The molecule has 0 fully saturated rings. The van der Waals surface area contributed by atoms with Crippen LogP contribution in [-0.2, 0) is 0 Å². The number of pyridine rings is 1. The van der Waals surface area contributed by atoms with E-state index in [1.807, 2.05) is 12.4 Å². The number of hydrogen-bond donors (Lipinski definition) is 0. The van der Waals surface area contributed by atoms with Gasteiger partial charge in [0.25, 0.3) is 0 Å². The maximum Gasteiger partial charge on any atom is 0.155 e. The summed E-state index contributed by atoms with van der Waals surface area (Å²) in [6.07, 6.45) is 18.4. The van der Waals surface area contributed by atoms with Crippen LogP contribution in [0, 0.1) is 0 Å². The van der Waals surface area contributed by atoms with Gasteiger partial charge in [0.2, 0.25) is 0 Å². The summed E-state index contributed by atoms with van der Waals surface area (Å²) in [6, 6.07) is 52.7. The first kappa shape index (κ1) is 33.8. The van der Waals surface area contributed by atoms with Gasteiger partial charge in [-0.25, -0.2) is 9.97 Å². The minimum absolute atomic E-state index is 0.161. The molecule has 0 radical (unpaired) electrons. The molecule has 268 valence electrons. The average molecular weight is 720 g/mol. The first-order valence-corrected chi connectivity index (χ1v) is 19.8. The smallest absolute Gasteiger partial charge is 0.155 e. The highest BCUT2D eigenvalue weighted by molar-refractivity contribution is 6.21. The fourth-order valence-electron chi connectivity index (χ4n) is 8.66. The van der Waals surface area contributed by atoms with Gasteiger partial charge in [0, 0.05) is 23.9 Å². The summed E-state index contributed by atoms with van der Waals surface area (Å²) < 4.78 is 0. The molecule has 1 unspecified atom stereocenters. The lowest BCUT2D eigenvalue weighted by Gasteiger charge is -2.21. The molecule has 0 saturated carbocycles. The third-order valence-electron chi connectivity index (χ3n) is 11.4. The summed E-state index contributed by atoms with van der Waals surface area (Å²) in [5.41, 5.74) is 14.0. The van der Waals surface area contributed by atoms with Gasteiger partial charge in [-0.15, -0.1) is 0 Å². The van der Waals surface area contributed by atoms with E-state index in [9.17, 15) is 0 Å². The molecule has 0 spiro atoms. The van der Waals surface area contributed by atoms with Crippen molar-refractivity contribution in [2.75, 3.05) is 0 Å². The van der Waals surface area contributed by atoms with Crippen LogP contribution in [-0.4, -0.2) is 15.0 Å². The lowest BCUT2D eigenvalue weighted by atomic mass is 9.84. The van der Waals surface area contributed by atoms with Crippen molar-refractivity contribution < 1.29 is 0 Å². The predicted molar refractivity (Wildman–Crippen MR) is 234 cm³/mol. The van der Waals surface area contributed by atoms with E-state index in [1.54, 1.807) is 0 Å². The van der Waals surface area contributed by atoms with Crippen LogP contribution in [0.5, 0.6) is 0 Å². The van der Waals surface area contributed by atoms with Crippen molar-refractivity contribution in [1.29, 1.82) is 0 Å². The molecule has 3 nitrogen and oxygen atoms in total. The molecule has 2 heterocycles. The molecule has 0 amide bonds. The van der Waals surface area contributed by atoms with Gasteiger partial charge in [0.15, 0.2) is 5.82 Å². The van der Waals surface area contributed by atoms with Crippen LogP contribution >= 0.6 is 0 Å². The minimum atomic E-state index is 0.161. The number of allylic oxidation sites excluding steroid dienone is 6. The Labute approximate surface area is 328 Å². The van der Waals surface area contributed by atoms with Gasteiger partial charge in [-0.2, -0.15) is 0 Å². The van der Waals surface area contributed by atoms with Crippen LogP contribution in [0.4, 0.5) is 0 Å². The standard InChI is InChI=1S/C53H41N3/c1-4-14-36(15-5-1)37-24-26-39(27-25-37)49-35-50(56-53(55-49)41-18-8-3-9-19-41)43-32-42(38-28-30-54-31-29-38)33-44(34-43)52-47-22-12-10-20-45(47)51(40-16-6-2-7-17-40)46-21-11-13-23-48(46)52/h1-2,4-7,10-18,20-26,28-35,39H,3,8-9,19,27H2. The van der Waals surface area contributed by atoms with Gasteiger partial charge >= 0.3 is 0 Å². The maximum absolute atomic E-state index is 5.40. The zero-order valence-corrected chi connectivity index (χ0v) is 31.3. The van der Waals surface area contributed by atoms with Crippen LogP contribution in [0.15, 0.2) is 182 Å². The highest BCUT2D eigenvalue weighted by Crippen LogP contribution is 2.45. The Kier molecular flexibility index (Phi) is 8.97. The zero-order valence-electron chi connectivity index (χ0n) is 31.3. The van der Waals surface area contributed by atoms with Gasteiger partial charge in [0.05, 0.1) is 11.4 Å². The van der Waals surface area contributed by atoms with Crippen molar-refractivity contribution in [3.8, 4) is 44.6 Å². The topological polar surface area (TPSA) is 38.7 Å². The molecule has 56 heavy (non-hydrogen) atoms. The molecule has 6 aromatic carbocycles. The van der Waals surface area contributed by atoms with Crippen LogP contribution in [0.1, 0.15) is 55.1 Å². The summed E-state index contributed by atoms with van der Waals surface area (Å²) in [5, 5.41) is 4.94. The van der Waals surface area contributed by atoms with Crippen molar-refractivity contribution in [1.82, 2.24) is 15.0 Å². The summed E-state index contributed by atoms with van der Waals surface area (Å²) in [7, 11) is 0. The van der Waals surface area contributed by atoms with Crippen molar-refractivity contribution in [3.63, 3.8) is 0 Å². The Balaban J connectivity index is 1.18. The molecule has 3 heteroatoms. The first-order chi connectivity index (χ1) is 27.8. The molecule has 0 bridgehead atoms. The van der Waals surface area contributed by atoms with E-state index in [4.69, 9.17) is 9.97 Å². The molecule has 10 rings (SSSR count). The van der Waals surface area contributed by atoms with Crippen LogP contribution in [0.25, 0.3) is 77.3 Å². The molecular formula is C53H41N3. The Hall–Kier alpha value is -6.71. The van der Waals surface area contributed by atoms with Crippen LogP contribution in [0.3, 0.4) is 0 Å². The normalized spacial score (nSPS) is 15.5. The monoisotopic (exact) mass is 719 g/mol. The second-order valence-corrected chi connectivity index (χ2v) is 14.9. The summed E-state index contributed by atoms with van der Waals surface area (Å²) in [6.45, 7) is 0. The van der Waals surface area contributed by atoms with Crippen LogP contribution in [0.2, 0.25) is 0 Å². The van der Waals surface area contributed by atoms with Gasteiger partial charge in [0.1, 0.15) is 0 Å². The molecule has 0 aliphatic heterocycles. The second kappa shape index (κ2) is 14.8. The average Bonchev–Trinajstić information content (AvgIpc) is 3.29.